The number of nitrogens with one attached hydrogen (secondary N) is 1. The van der Waals surface area contributed by atoms with E-state index < -0.39 is 5.83 Å². The molecule has 1 aliphatic carbocycles. The molecule has 0 saturated carbocycles. The van der Waals surface area contributed by atoms with Gasteiger partial charge in [-0.1, -0.05) is 5.73 Å². The normalized spacial score (nSPS) is 20.8. The number of anilines is 2. The molecule has 2 fully saturated rings. The Kier molecular flexibility index (Phi) is 6.50. The Labute approximate surface area is 188 Å². The van der Waals surface area contributed by atoms with Gasteiger partial charge in [-0.2, -0.15) is 4.39 Å². The third-order valence-corrected chi connectivity index (χ3v) is 6.65. The molecule has 4 rings (SSSR count). The van der Waals surface area contributed by atoms with Gasteiger partial charge in [0.25, 0.3) is 0 Å². The minimum atomic E-state index is -0.399. The molecule has 168 valence electrons. The highest BCUT2D eigenvalue weighted by atomic mass is 19.1. The number of likely N-dealkylation sites (N-methyl/N-ethyl adjacent to an activating group) is 1. The summed E-state index contributed by atoms with van der Waals surface area (Å²) in [5.74, 6) is -0.0286. The summed E-state index contributed by atoms with van der Waals surface area (Å²) in [6, 6.07) is 8.00. The lowest BCUT2D eigenvalue weighted by atomic mass is 9.89. The lowest BCUT2D eigenvalue weighted by Crippen LogP contribution is -2.41. The Morgan fingerprint density at radius 1 is 1.06 bits per heavy atom. The first-order chi connectivity index (χ1) is 15.4. The number of hydrogen-bond acceptors (Lipinski definition) is 3. The Balaban J connectivity index is 1.28. The molecule has 1 atom stereocenters. The topological polar surface area (TPSA) is 55.9 Å². The molecule has 1 aromatic carbocycles. The van der Waals surface area contributed by atoms with Crippen LogP contribution in [0.3, 0.4) is 0 Å². The highest BCUT2D eigenvalue weighted by molar-refractivity contribution is 5.89. The van der Waals surface area contributed by atoms with Gasteiger partial charge in [0.1, 0.15) is 0 Å². The van der Waals surface area contributed by atoms with Gasteiger partial charge in [-0.05, 0) is 67.3 Å². The molecule has 2 saturated heterocycles. The van der Waals surface area contributed by atoms with Gasteiger partial charge in [0.2, 0.25) is 5.91 Å². The summed E-state index contributed by atoms with van der Waals surface area (Å²) in [4.78, 5) is 30.2. The van der Waals surface area contributed by atoms with E-state index in [1.807, 2.05) is 41.1 Å². The summed E-state index contributed by atoms with van der Waals surface area (Å²) in [6.07, 6.45) is 5.78. The van der Waals surface area contributed by atoms with E-state index in [4.69, 9.17) is 0 Å². The van der Waals surface area contributed by atoms with Crippen molar-refractivity contribution >= 4 is 23.3 Å². The quantitative estimate of drug-likeness (QED) is 0.724. The van der Waals surface area contributed by atoms with Gasteiger partial charge >= 0.3 is 6.03 Å². The van der Waals surface area contributed by atoms with Crippen LogP contribution in [0.5, 0.6) is 0 Å². The first-order valence-corrected chi connectivity index (χ1v) is 11.1. The molecule has 2 heterocycles. The summed E-state index contributed by atoms with van der Waals surface area (Å²) >= 11 is 0. The molecule has 7 heteroatoms. The predicted molar refractivity (Wildman–Crippen MR) is 123 cm³/mol. The number of carbonyl (C=O) groups excluding carboxylic acids is 2. The second kappa shape index (κ2) is 9.47. The van der Waals surface area contributed by atoms with Gasteiger partial charge in [0, 0.05) is 57.1 Å². The largest absolute Gasteiger partial charge is 0.369 e. The number of hydrogen-bond donors (Lipinski definition) is 1. The van der Waals surface area contributed by atoms with Crippen molar-refractivity contribution in [2.24, 2.45) is 5.92 Å². The van der Waals surface area contributed by atoms with Crippen molar-refractivity contribution in [3.05, 3.63) is 59.3 Å². The van der Waals surface area contributed by atoms with Crippen molar-refractivity contribution in [3.63, 3.8) is 0 Å². The highest BCUT2D eigenvalue weighted by Gasteiger charge is 2.27. The van der Waals surface area contributed by atoms with Crippen LogP contribution in [0.4, 0.5) is 20.6 Å². The number of allylic oxidation sites excluding steroid dienone is 4. The number of nitrogens with zero attached hydrogens (tertiary/aromatic N) is 3. The van der Waals surface area contributed by atoms with Crippen LogP contribution in [0.2, 0.25) is 0 Å². The number of amides is 3. The molecule has 1 unspecified atom stereocenters. The molecule has 0 spiro atoms. The SMILES string of the molecule is CC(=O)N(C)C1CCN(c2ccc(NC(=O)N3CCC(C4=C=C=C(F)C=C4)CC3)cc2)C1. The van der Waals surface area contributed by atoms with E-state index in [1.165, 1.54) is 6.08 Å². The van der Waals surface area contributed by atoms with E-state index in [1.54, 1.807) is 13.0 Å². The van der Waals surface area contributed by atoms with Crippen molar-refractivity contribution < 1.29 is 14.0 Å². The molecule has 0 bridgehead atoms. The monoisotopic (exact) mass is 436 g/mol. The molecule has 1 N–H and O–H groups in total. The molecule has 3 aliphatic rings. The molecule has 0 aromatic heterocycles. The number of piperidine rings is 1. The van der Waals surface area contributed by atoms with Gasteiger partial charge in [-0.15, -0.1) is 0 Å². The molecular weight excluding hydrogens is 407 g/mol. The number of benzene rings is 1. The van der Waals surface area contributed by atoms with Crippen molar-refractivity contribution in [1.29, 1.82) is 0 Å². The van der Waals surface area contributed by atoms with Crippen LogP contribution in [0.15, 0.2) is 59.3 Å². The van der Waals surface area contributed by atoms with Crippen LogP contribution in [0.25, 0.3) is 0 Å². The van der Waals surface area contributed by atoms with E-state index >= 15 is 0 Å². The van der Waals surface area contributed by atoms with Crippen LogP contribution < -0.4 is 10.2 Å². The van der Waals surface area contributed by atoms with Gasteiger partial charge in [-0.25, -0.2) is 4.79 Å². The number of rotatable bonds is 4. The summed E-state index contributed by atoms with van der Waals surface area (Å²) in [6.45, 7) is 4.63. The molecular formula is C25H29FN4O2. The molecule has 3 amide bonds. The summed E-state index contributed by atoms with van der Waals surface area (Å²) in [5.41, 5.74) is 8.20. The zero-order valence-corrected chi connectivity index (χ0v) is 18.6. The average Bonchev–Trinajstić information content (AvgIpc) is 3.30. The van der Waals surface area contributed by atoms with Crippen LogP contribution in [0, 0.1) is 5.92 Å². The summed E-state index contributed by atoms with van der Waals surface area (Å²) in [7, 11) is 1.86. The minimum Gasteiger partial charge on any atom is -0.369 e. The molecule has 0 radical (unpaired) electrons. The van der Waals surface area contributed by atoms with Gasteiger partial charge in [0.15, 0.2) is 5.83 Å². The minimum absolute atomic E-state index is 0.0908. The summed E-state index contributed by atoms with van der Waals surface area (Å²) < 4.78 is 13.1. The first kappa shape index (κ1) is 21.9. The zero-order chi connectivity index (χ0) is 22.7. The molecule has 6 nitrogen and oxygen atoms in total. The van der Waals surface area contributed by atoms with Crippen LogP contribution in [0.1, 0.15) is 26.2 Å². The maximum absolute atomic E-state index is 13.1. The fraction of sp³-hybridized carbons (Fsp3) is 0.440. The Morgan fingerprint density at radius 3 is 2.41 bits per heavy atom. The third-order valence-electron chi connectivity index (χ3n) is 6.65. The Hall–Kier alpha value is -3.27. The van der Waals surface area contributed by atoms with Crippen LogP contribution >= 0.6 is 0 Å². The number of carbonyl (C=O) groups is 2. The third kappa shape index (κ3) is 4.96. The van der Waals surface area contributed by atoms with E-state index in [0.29, 0.717) is 13.1 Å². The maximum Gasteiger partial charge on any atom is 0.321 e. The lowest BCUT2D eigenvalue weighted by Gasteiger charge is -2.32. The number of halogens is 1. The fourth-order valence-electron chi connectivity index (χ4n) is 4.52. The van der Waals surface area contributed by atoms with Crippen LogP contribution in [-0.2, 0) is 4.79 Å². The van der Waals surface area contributed by atoms with Crippen molar-refractivity contribution in [2.75, 3.05) is 43.4 Å². The first-order valence-electron chi connectivity index (χ1n) is 11.1. The Bertz CT molecular complexity index is 1010. The average molecular weight is 437 g/mol. The fourth-order valence-corrected chi connectivity index (χ4v) is 4.52. The maximum atomic E-state index is 13.1. The second-order valence-corrected chi connectivity index (χ2v) is 8.64. The zero-order valence-electron chi connectivity index (χ0n) is 18.6. The van der Waals surface area contributed by atoms with Crippen molar-refractivity contribution in [2.45, 2.75) is 32.2 Å². The van der Waals surface area contributed by atoms with Gasteiger partial charge < -0.3 is 20.0 Å². The van der Waals surface area contributed by atoms with Crippen molar-refractivity contribution in [3.8, 4) is 0 Å². The van der Waals surface area contributed by atoms with E-state index in [0.717, 1.165) is 49.3 Å². The predicted octanol–water partition coefficient (Wildman–Crippen LogP) is 4.09. The second-order valence-electron chi connectivity index (χ2n) is 8.64. The highest BCUT2D eigenvalue weighted by Crippen LogP contribution is 2.28. The number of likely N-dealkylation sites (tertiary alicyclic amines) is 1. The number of urea groups is 1. The van der Waals surface area contributed by atoms with Gasteiger partial charge in [-0.3, -0.25) is 4.79 Å². The van der Waals surface area contributed by atoms with E-state index in [2.05, 4.69) is 21.7 Å². The van der Waals surface area contributed by atoms with E-state index in [9.17, 15) is 14.0 Å². The summed E-state index contributed by atoms with van der Waals surface area (Å²) in [5, 5.41) is 2.99. The molecule has 32 heavy (non-hydrogen) atoms. The molecule has 2 aliphatic heterocycles. The van der Waals surface area contributed by atoms with E-state index in [-0.39, 0.29) is 23.9 Å². The lowest BCUT2D eigenvalue weighted by molar-refractivity contribution is -0.129. The molecule has 1 aromatic rings. The Morgan fingerprint density at radius 2 is 1.78 bits per heavy atom. The standard InChI is InChI=1S/C25H29FN4O2/c1-18(31)28(2)24-13-16-30(17-24)23-9-7-22(8-10-23)27-25(32)29-14-11-20(12-15-29)19-3-5-21(26)6-4-19/h3,5,7-10,20,24H,11-17H2,1-2H3,(H,27,32). The van der Waals surface area contributed by atoms with Gasteiger partial charge in [0.05, 0.1) is 6.04 Å². The smallest absolute Gasteiger partial charge is 0.321 e. The van der Waals surface area contributed by atoms with Crippen molar-refractivity contribution in [1.82, 2.24) is 9.80 Å². The van der Waals surface area contributed by atoms with Crippen LogP contribution in [-0.4, -0.2) is 61.0 Å².